The van der Waals surface area contributed by atoms with Crippen molar-refractivity contribution in [2.45, 2.75) is 10.6 Å². The van der Waals surface area contributed by atoms with Crippen LogP contribution in [0.2, 0.25) is 0 Å². The summed E-state index contributed by atoms with van der Waals surface area (Å²) in [6.07, 6.45) is 0.897. The maximum absolute atomic E-state index is 12.4. The number of guanidine groups is 1. The van der Waals surface area contributed by atoms with E-state index in [4.69, 9.17) is 0 Å². The highest BCUT2D eigenvalue weighted by molar-refractivity contribution is 7.91. The maximum atomic E-state index is 12.4. The summed E-state index contributed by atoms with van der Waals surface area (Å²) in [5.41, 5.74) is 0. The molecular weight excluding hydrogens is 308 g/mol. The summed E-state index contributed by atoms with van der Waals surface area (Å²) in [6, 6.07) is 3.45. The lowest BCUT2D eigenvalue weighted by atomic mass is 10.1. The van der Waals surface area contributed by atoms with Crippen molar-refractivity contribution in [3.63, 3.8) is 0 Å². The van der Waals surface area contributed by atoms with Gasteiger partial charge in [0.15, 0.2) is 5.96 Å². The van der Waals surface area contributed by atoms with Gasteiger partial charge in [-0.25, -0.2) is 8.42 Å². The average molecular weight is 328 g/mol. The van der Waals surface area contributed by atoms with Crippen LogP contribution in [-0.2, 0) is 10.0 Å². The van der Waals surface area contributed by atoms with E-state index in [-0.39, 0.29) is 0 Å². The Morgan fingerprint density at radius 3 is 3.00 bits per heavy atom. The van der Waals surface area contributed by atoms with Crippen LogP contribution in [0.4, 0.5) is 0 Å². The molecule has 0 saturated carbocycles. The summed E-state index contributed by atoms with van der Waals surface area (Å²) in [5.74, 6) is 1.27. The average Bonchev–Trinajstić information content (AvgIpc) is 3.19. The number of hydrogen-bond acceptors (Lipinski definition) is 6. The molecule has 0 amide bonds. The van der Waals surface area contributed by atoms with E-state index in [1.807, 2.05) is 7.05 Å². The van der Waals surface area contributed by atoms with Crippen LogP contribution in [0.3, 0.4) is 0 Å². The van der Waals surface area contributed by atoms with Crippen molar-refractivity contribution >= 4 is 27.3 Å². The lowest BCUT2D eigenvalue weighted by molar-refractivity contribution is 0.451. The Balaban J connectivity index is 1.56. The van der Waals surface area contributed by atoms with Gasteiger partial charge in [-0.3, -0.25) is 4.99 Å². The largest absolute Gasteiger partial charge is 0.356 e. The van der Waals surface area contributed by atoms with E-state index >= 15 is 0 Å². The highest BCUT2D eigenvalue weighted by Crippen LogP contribution is 2.26. The molecule has 8 heteroatoms. The summed E-state index contributed by atoms with van der Waals surface area (Å²) in [7, 11) is -1.28. The van der Waals surface area contributed by atoms with Crippen molar-refractivity contribution in [2.75, 3.05) is 39.8 Å². The number of aliphatic imine (C=N–C) groups is 1. The Labute approximate surface area is 129 Å². The number of rotatable bonds is 4. The monoisotopic (exact) mass is 328 g/mol. The molecule has 3 heterocycles. The van der Waals surface area contributed by atoms with Gasteiger partial charge in [-0.1, -0.05) is 6.07 Å². The maximum Gasteiger partial charge on any atom is 0.252 e. The quantitative estimate of drug-likeness (QED) is 0.881. The van der Waals surface area contributed by atoms with Gasteiger partial charge >= 0.3 is 0 Å². The summed E-state index contributed by atoms with van der Waals surface area (Å²) < 4.78 is 26.9. The normalized spacial score (nSPS) is 23.6. The molecule has 1 aromatic rings. The van der Waals surface area contributed by atoms with Crippen LogP contribution in [-0.4, -0.2) is 63.4 Å². The first-order valence-corrected chi connectivity index (χ1v) is 9.42. The van der Waals surface area contributed by atoms with Crippen LogP contribution in [0.1, 0.15) is 6.42 Å². The number of nitrogens with one attached hydrogen (secondary N) is 1. The molecular formula is C13H20N4O2S2. The van der Waals surface area contributed by atoms with Crippen molar-refractivity contribution in [3.05, 3.63) is 17.5 Å². The second-order valence-corrected chi connectivity index (χ2v) is 8.57. The fourth-order valence-corrected chi connectivity index (χ4v) is 5.35. The molecule has 3 rings (SSSR count). The van der Waals surface area contributed by atoms with Crippen LogP contribution in [0.15, 0.2) is 26.7 Å². The minimum Gasteiger partial charge on any atom is -0.356 e. The topological polar surface area (TPSA) is 65.0 Å². The molecule has 2 aliphatic rings. The summed E-state index contributed by atoms with van der Waals surface area (Å²) in [5, 5.41) is 5.14. The molecule has 21 heavy (non-hydrogen) atoms. The highest BCUT2D eigenvalue weighted by Gasteiger charge is 2.33. The second-order valence-electron chi connectivity index (χ2n) is 5.46. The smallest absolute Gasteiger partial charge is 0.252 e. The van der Waals surface area contributed by atoms with Crippen molar-refractivity contribution < 1.29 is 8.42 Å². The second kappa shape index (κ2) is 5.94. The number of hydrogen-bond donors (Lipinski definition) is 1. The molecule has 0 spiro atoms. The van der Waals surface area contributed by atoms with E-state index in [0.717, 1.165) is 32.0 Å². The van der Waals surface area contributed by atoms with Gasteiger partial charge in [-0.05, 0) is 23.8 Å². The van der Waals surface area contributed by atoms with Gasteiger partial charge in [0.1, 0.15) is 4.21 Å². The highest BCUT2D eigenvalue weighted by atomic mass is 32.2. The Morgan fingerprint density at radius 2 is 2.33 bits per heavy atom. The van der Waals surface area contributed by atoms with Crippen LogP contribution in [0.5, 0.6) is 0 Å². The summed E-state index contributed by atoms with van der Waals surface area (Å²) >= 11 is 1.28. The Morgan fingerprint density at radius 1 is 1.48 bits per heavy atom. The minimum absolute atomic E-state index is 0.344. The number of thiophene rings is 1. The predicted molar refractivity (Wildman–Crippen MR) is 84.1 cm³/mol. The van der Waals surface area contributed by atoms with Gasteiger partial charge in [-0.2, -0.15) is 4.31 Å². The minimum atomic E-state index is -3.29. The van der Waals surface area contributed by atoms with E-state index in [2.05, 4.69) is 15.2 Å². The Kier molecular flexibility index (Phi) is 4.19. The van der Waals surface area contributed by atoms with Gasteiger partial charge in [0.2, 0.25) is 0 Å². The fourth-order valence-electron chi connectivity index (χ4n) is 2.68. The van der Waals surface area contributed by atoms with E-state index in [1.54, 1.807) is 21.8 Å². The first kappa shape index (κ1) is 14.8. The molecule has 1 N–H and O–H groups in total. The third-order valence-corrected chi connectivity index (χ3v) is 7.18. The Bertz CT molecular complexity index is 612. The van der Waals surface area contributed by atoms with E-state index in [9.17, 15) is 8.42 Å². The molecule has 1 fully saturated rings. The van der Waals surface area contributed by atoms with Crippen LogP contribution in [0, 0.1) is 5.92 Å². The van der Waals surface area contributed by atoms with Crippen molar-refractivity contribution in [1.29, 1.82) is 0 Å². The third-order valence-electron chi connectivity index (χ3n) is 3.95. The molecule has 0 bridgehead atoms. The first-order chi connectivity index (χ1) is 10.1. The van der Waals surface area contributed by atoms with Gasteiger partial charge < -0.3 is 10.2 Å². The van der Waals surface area contributed by atoms with Crippen molar-refractivity contribution in [3.8, 4) is 0 Å². The zero-order chi connectivity index (χ0) is 14.9. The SMILES string of the molecule is CN1CCN=C1NCC1CCN(S(=O)(=O)c2cccs2)C1. The molecule has 1 aromatic heterocycles. The third kappa shape index (κ3) is 3.07. The predicted octanol–water partition coefficient (Wildman–Crippen LogP) is 0.650. The molecule has 0 radical (unpaired) electrons. The van der Waals surface area contributed by atoms with E-state index in [0.29, 0.717) is 23.2 Å². The molecule has 2 aliphatic heterocycles. The van der Waals surface area contributed by atoms with Crippen LogP contribution >= 0.6 is 11.3 Å². The van der Waals surface area contributed by atoms with E-state index in [1.165, 1.54) is 11.3 Å². The van der Waals surface area contributed by atoms with Crippen molar-refractivity contribution in [2.24, 2.45) is 10.9 Å². The zero-order valence-corrected chi connectivity index (χ0v) is 13.7. The number of sulfonamides is 1. The van der Waals surface area contributed by atoms with Gasteiger partial charge in [-0.15, -0.1) is 11.3 Å². The van der Waals surface area contributed by atoms with Crippen LogP contribution in [0.25, 0.3) is 0 Å². The number of likely N-dealkylation sites (N-methyl/N-ethyl adjacent to an activating group) is 1. The number of nitrogens with zero attached hydrogens (tertiary/aromatic N) is 3. The standard InChI is InChI=1S/C13H20N4O2S2/c1-16-7-5-14-13(16)15-9-11-4-6-17(10-11)21(18,19)12-3-2-8-20-12/h2-3,8,11H,4-7,9-10H2,1H3,(H,14,15). The van der Waals surface area contributed by atoms with Gasteiger partial charge in [0.25, 0.3) is 10.0 Å². The lowest BCUT2D eigenvalue weighted by Gasteiger charge is -2.18. The zero-order valence-electron chi connectivity index (χ0n) is 12.0. The molecule has 1 unspecified atom stereocenters. The molecule has 1 saturated heterocycles. The van der Waals surface area contributed by atoms with Crippen LogP contribution < -0.4 is 5.32 Å². The Hall–Kier alpha value is -1.12. The first-order valence-electron chi connectivity index (χ1n) is 7.10. The lowest BCUT2D eigenvalue weighted by Crippen LogP contribution is -2.39. The summed E-state index contributed by atoms with van der Waals surface area (Å²) in [6.45, 7) is 3.76. The molecule has 6 nitrogen and oxygen atoms in total. The molecule has 0 aliphatic carbocycles. The molecule has 116 valence electrons. The van der Waals surface area contributed by atoms with Crippen molar-refractivity contribution in [1.82, 2.24) is 14.5 Å². The molecule has 1 atom stereocenters. The summed E-state index contributed by atoms with van der Waals surface area (Å²) in [4.78, 5) is 6.48. The molecule has 0 aromatic carbocycles. The van der Waals surface area contributed by atoms with Gasteiger partial charge in [0, 0.05) is 33.2 Å². The van der Waals surface area contributed by atoms with E-state index < -0.39 is 10.0 Å². The van der Waals surface area contributed by atoms with Gasteiger partial charge in [0.05, 0.1) is 6.54 Å². The fraction of sp³-hybridized carbons (Fsp3) is 0.615.